The van der Waals surface area contributed by atoms with E-state index in [0.29, 0.717) is 0 Å². The molecule has 2 atom stereocenters. The lowest BCUT2D eigenvalue weighted by Crippen LogP contribution is -2.41. The minimum absolute atomic E-state index is 0.0205. The molecule has 0 aromatic heterocycles. The van der Waals surface area contributed by atoms with Gasteiger partial charge < -0.3 is 16.9 Å². The zero-order valence-corrected chi connectivity index (χ0v) is 11.2. The summed E-state index contributed by atoms with van der Waals surface area (Å²) in [6.07, 6.45) is 0. The molecule has 0 aromatic rings. The van der Waals surface area contributed by atoms with E-state index in [2.05, 4.69) is 10.4 Å². The molecule has 0 aliphatic carbocycles. The Morgan fingerprint density at radius 2 is 2.18 bits per heavy atom. The highest BCUT2D eigenvalue weighted by atomic mass is 35.5. The number of hydrogen-bond acceptors (Lipinski definition) is 6. The van der Waals surface area contributed by atoms with E-state index < -0.39 is 21.3 Å². The quantitative estimate of drug-likeness (QED) is 0.190. The molecule has 1 rings (SSSR count). The minimum Gasteiger partial charge on any atom is -0.377 e. The van der Waals surface area contributed by atoms with Crippen LogP contribution in [0.1, 0.15) is 0 Å². The van der Waals surface area contributed by atoms with E-state index in [-0.39, 0.29) is 28.3 Å². The Morgan fingerprint density at radius 3 is 2.65 bits per heavy atom. The number of amides is 1. The third-order valence-corrected chi connectivity index (χ3v) is 5.29. The smallest absolute Gasteiger partial charge is 0.230 e. The largest absolute Gasteiger partial charge is 0.377 e. The SMILES string of the molecule is NN=C(N)SCC(=O)NC1CS(=O)(=O)CC1Cl. The molecule has 1 amide bonds. The maximum Gasteiger partial charge on any atom is 0.230 e. The highest BCUT2D eigenvalue weighted by Gasteiger charge is 2.37. The van der Waals surface area contributed by atoms with Crippen molar-refractivity contribution in [3.05, 3.63) is 0 Å². The normalized spacial score (nSPS) is 27.9. The standard InChI is InChI=1S/C7H13ClN4O3S2/c8-4-2-17(14,15)3-5(4)11-6(13)1-16-7(9)12-10/h4-5H,1-3,10H2,(H2,9,12)(H,11,13). The van der Waals surface area contributed by atoms with Crippen LogP contribution in [0, 0.1) is 0 Å². The number of nitrogens with one attached hydrogen (secondary N) is 1. The predicted octanol–water partition coefficient (Wildman–Crippen LogP) is -1.57. The fourth-order valence-corrected chi connectivity index (χ4v) is 4.35. The van der Waals surface area contributed by atoms with Gasteiger partial charge in [-0.2, -0.15) is 5.10 Å². The van der Waals surface area contributed by atoms with Crippen LogP contribution in [0.5, 0.6) is 0 Å². The Labute approximate surface area is 108 Å². The lowest BCUT2D eigenvalue weighted by molar-refractivity contribution is -0.119. The molecule has 10 heteroatoms. The Hall–Kier alpha value is -0.670. The Morgan fingerprint density at radius 1 is 1.53 bits per heavy atom. The predicted molar refractivity (Wildman–Crippen MR) is 68.5 cm³/mol. The van der Waals surface area contributed by atoms with Gasteiger partial charge in [0.15, 0.2) is 15.0 Å². The molecule has 1 fully saturated rings. The third kappa shape index (κ3) is 4.60. The summed E-state index contributed by atoms with van der Waals surface area (Å²) in [6, 6.07) is -0.550. The van der Waals surface area contributed by atoms with Crippen molar-refractivity contribution < 1.29 is 13.2 Å². The molecule has 0 radical (unpaired) electrons. The van der Waals surface area contributed by atoms with Crippen molar-refractivity contribution in [2.45, 2.75) is 11.4 Å². The van der Waals surface area contributed by atoms with Gasteiger partial charge >= 0.3 is 0 Å². The van der Waals surface area contributed by atoms with Crippen LogP contribution < -0.4 is 16.9 Å². The molecule has 1 heterocycles. The molecular formula is C7H13ClN4O3S2. The fraction of sp³-hybridized carbons (Fsp3) is 0.714. The monoisotopic (exact) mass is 300 g/mol. The summed E-state index contributed by atoms with van der Waals surface area (Å²) in [6.45, 7) is 0. The summed E-state index contributed by atoms with van der Waals surface area (Å²) < 4.78 is 22.5. The van der Waals surface area contributed by atoms with Crippen molar-refractivity contribution >= 4 is 44.3 Å². The van der Waals surface area contributed by atoms with Gasteiger partial charge in [-0.15, -0.1) is 11.6 Å². The van der Waals surface area contributed by atoms with Crippen molar-refractivity contribution in [3.63, 3.8) is 0 Å². The van der Waals surface area contributed by atoms with Crippen molar-refractivity contribution in [2.24, 2.45) is 16.7 Å². The first kappa shape index (κ1) is 14.4. The van der Waals surface area contributed by atoms with Gasteiger partial charge in [0.05, 0.1) is 28.7 Å². The molecular weight excluding hydrogens is 288 g/mol. The summed E-state index contributed by atoms with van der Waals surface area (Å²) >= 11 is 6.79. The number of hydrazone groups is 1. The molecule has 17 heavy (non-hydrogen) atoms. The Bertz CT molecular complexity index is 425. The summed E-state index contributed by atoms with van der Waals surface area (Å²) in [5, 5.41) is 5.22. The van der Waals surface area contributed by atoms with Crippen LogP contribution in [0.3, 0.4) is 0 Å². The molecule has 1 aliphatic rings. The first-order chi connectivity index (χ1) is 7.84. The van der Waals surface area contributed by atoms with Crippen LogP contribution in [0.2, 0.25) is 0 Å². The highest BCUT2D eigenvalue weighted by molar-refractivity contribution is 8.14. The number of amidine groups is 1. The van der Waals surface area contributed by atoms with Crippen LogP contribution in [0.4, 0.5) is 0 Å². The molecule has 7 nitrogen and oxygen atoms in total. The van der Waals surface area contributed by atoms with E-state index in [1.807, 2.05) is 0 Å². The molecule has 0 bridgehead atoms. The van der Waals surface area contributed by atoms with Crippen molar-refractivity contribution in [1.82, 2.24) is 5.32 Å². The van der Waals surface area contributed by atoms with Gasteiger partial charge in [-0.1, -0.05) is 11.8 Å². The number of thioether (sulfide) groups is 1. The number of nitrogens with zero attached hydrogens (tertiary/aromatic N) is 1. The second-order valence-electron chi connectivity index (χ2n) is 3.52. The maximum atomic E-state index is 11.4. The van der Waals surface area contributed by atoms with Gasteiger partial charge in [0.2, 0.25) is 5.91 Å². The summed E-state index contributed by atoms with van der Waals surface area (Å²) in [5.41, 5.74) is 5.29. The molecule has 0 aromatic carbocycles. The Balaban J connectivity index is 2.42. The number of hydrogen-bond donors (Lipinski definition) is 3. The Kier molecular flexibility index (Phi) is 4.90. The van der Waals surface area contributed by atoms with Crippen LogP contribution in [-0.4, -0.2) is 48.2 Å². The van der Waals surface area contributed by atoms with Crippen LogP contribution in [0.15, 0.2) is 5.10 Å². The van der Waals surface area contributed by atoms with E-state index >= 15 is 0 Å². The molecule has 1 saturated heterocycles. The van der Waals surface area contributed by atoms with Gasteiger partial charge in [-0.05, 0) is 0 Å². The molecule has 1 aliphatic heterocycles. The second-order valence-corrected chi connectivity index (χ2v) is 7.23. The van der Waals surface area contributed by atoms with Crippen LogP contribution in [-0.2, 0) is 14.6 Å². The number of carbonyl (C=O) groups is 1. The van der Waals surface area contributed by atoms with Gasteiger partial charge in [-0.25, -0.2) is 8.42 Å². The number of rotatable bonds is 3. The third-order valence-electron chi connectivity index (χ3n) is 2.11. The van der Waals surface area contributed by atoms with E-state index in [9.17, 15) is 13.2 Å². The van der Waals surface area contributed by atoms with Gasteiger partial charge in [0.25, 0.3) is 0 Å². The number of alkyl halides is 1. The maximum absolute atomic E-state index is 11.4. The minimum atomic E-state index is -3.15. The average Bonchev–Trinajstić information content (AvgIpc) is 2.48. The van der Waals surface area contributed by atoms with E-state index in [4.69, 9.17) is 23.2 Å². The molecule has 0 spiro atoms. The number of carbonyl (C=O) groups excluding carboxylic acids is 1. The fourth-order valence-electron chi connectivity index (χ4n) is 1.36. The van der Waals surface area contributed by atoms with Crippen LogP contribution in [0.25, 0.3) is 0 Å². The second kappa shape index (κ2) is 5.78. The van der Waals surface area contributed by atoms with Gasteiger partial charge in [-0.3, -0.25) is 4.79 Å². The van der Waals surface area contributed by atoms with Gasteiger partial charge in [0.1, 0.15) is 0 Å². The zero-order valence-electron chi connectivity index (χ0n) is 8.80. The molecule has 5 N–H and O–H groups in total. The summed E-state index contributed by atoms with van der Waals surface area (Å²) in [5.74, 6) is 4.32. The lowest BCUT2D eigenvalue weighted by Gasteiger charge is -2.13. The van der Waals surface area contributed by atoms with E-state index in [1.54, 1.807) is 0 Å². The van der Waals surface area contributed by atoms with Gasteiger partial charge in [0, 0.05) is 0 Å². The molecule has 98 valence electrons. The first-order valence-electron chi connectivity index (χ1n) is 4.64. The summed E-state index contributed by atoms with van der Waals surface area (Å²) in [7, 11) is -3.15. The summed E-state index contributed by atoms with van der Waals surface area (Å²) in [4.78, 5) is 11.4. The number of nitrogens with two attached hydrogens (primary N) is 2. The van der Waals surface area contributed by atoms with Crippen LogP contribution >= 0.6 is 23.4 Å². The lowest BCUT2D eigenvalue weighted by atomic mass is 10.2. The van der Waals surface area contributed by atoms with E-state index in [0.717, 1.165) is 11.8 Å². The first-order valence-corrected chi connectivity index (χ1v) is 7.88. The number of halogens is 1. The molecule has 2 unspecified atom stereocenters. The van der Waals surface area contributed by atoms with Crippen molar-refractivity contribution in [3.8, 4) is 0 Å². The topological polar surface area (TPSA) is 128 Å². The average molecular weight is 301 g/mol. The van der Waals surface area contributed by atoms with Crippen molar-refractivity contribution in [2.75, 3.05) is 17.3 Å². The van der Waals surface area contributed by atoms with E-state index in [1.165, 1.54) is 0 Å². The molecule has 0 saturated carbocycles. The number of sulfone groups is 1. The van der Waals surface area contributed by atoms with Crippen molar-refractivity contribution in [1.29, 1.82) is 0 Å². The zero-order chi connectivity index (χ0) is 13.1. The highest BCUT2D eigenvalue weighted by Crippen LogP contribution is 2.18.